The molecule has 17 heavy (non-hydrogen) atoms. The molecule has 0 radical (unpaired) electrons. The Labute approximate surface area is 106 Å². The fourth-order valence-electron chi connectivity index (χ4n) is 2.16. The molecule has 102 valence electrons. The highest BCUT2D eigenvalue weighted by molar-refractivity contribution is 7.89. The SMILES string of the molecule is CCC(C)CN(C)S(=O)(=O)CC1CCNCC1. The van der Waals surface area contributed by atoms with Crippen molar-refractivity contribution in [2.75, 3.05) is 32.4 Å². The molecule has 0 aromatic carbocycles. The predicted octanol–water partition coefficient (Wildman–Crippen LogP) is 1.29. The Kier molecular flexibility index (Phi) is 5.89. The molecule has 0 spiro atoms. The van der Waals surface area contributed by atoms with Crippen molar-refractivity contribution in [2.24, 2.45) is 11.8 Å². The van der Waals surface area contributed by atoms with Gasteiger partial charge in [-0.2, -0.15) is 0 Å². The minimum absolute atomic E-state index is 0.321. The second kappa shape index (κ2) is 6.71. The number of hydrogen-bond donors (Lipinski definition) is 1. The molecule has 1 saturated heterocycles. The third-order valence-corrected chi connectivity index (χ3v) is 5.64. The Bertz CT molecular complexity index is 310. The van der Waals surface area contributed by atoms with E-state index in [1.165, 1.54) is 0 Å². The standard InChI is InChI=1S/C12H26N2O2S/c1-4-11(2)9-14(3)17(15,16)10-12-5-7-13-8-6-12/h11-13H,4-10H2,1-3H3. The average Bonchev–Trinajstić information content (AvgIpc) is 2.29. The van der Waals surface area contributed by atoms with Gasteiger partial charge in [0, 0.05) is 13.6 Å². The van der Waals surface area contributed by atoms with Gasteiger partial charge in [-0.1, -0.05) is 20.3 Å². The molecular weight excluding hydrogens is 236 g/mol. The Morgan fingerprint density at radius 2 is 1.94 bits per heavy atom. The fourth-order valence-corrected chi connectivity index (χ4v) is 3.82. The molecule has 5 heteroatoms. The third kappa shape index (κ3) is 4.94. The van der Waals surface area contributed by atoms with Gasteiger partial charge in [-0.25, -0.2) is 12.7 Å². The van der Waals surface area contributed by atoms with E-state index in [9.17, 15) is 8.42 Å². The summed E-state index contributed by atoms with van der Waals surface area (Å²) in [4.78, 5) is 0. The van der Waals surface area contributed by atoms with Crippen molar-refractivity contribution in [3.8, 4) is 0 Å². The van der Waals surface area contributed by atoms with Crippen LogP contribution in [0.2, 0.25) is 0 Å². The van der Waals surface area contributed by atoms with E-state index in [0.29, 0.717) is 24.1 Å². The first-order valence-corrected chi connectivity index (χ1v) is 8.21. The fraction of sp³-hybridized carbons (Fsp3) is 1.00. The molecule has 4 nitrogen and oxygen atoms in total. The number of nitrogens with one attached hydrogen (secondary N) is 1. The molecule has 1 heterocycles. The summed E-state index contributed by atoms with van der Waals surface area (Å²) in [7, 11) is -1.35. The van der Waals surface area contributed by atoms with Crippen molar-refractivity contribution in [2.45, 2.75) is 33.1 Å². The molecule has 1 rings (SSSR count). The lowest BCUT2D eigenvalue weighted by atomic mass is 10.0. The van der Waals surface area contributed by atoms with Crippen LogP contribution in [0.15, 0.2) is 0 Å². The van der Waals surface area contributed by atoms with Crippen LogP contribution in [-0.2, 0) is 10.0 Å². The van der Waals surface area contributed by atoms with E-state index in [4.69, 9.17) is 0 Å². The predicted molar refractivity (Wildman–Crippen MR) is 71.5 cm³/mol. The normalized spacial score (nSPS) is 20.7. The highest BCUT2D eigenvalue weighted by atomic mass is 32.2. The number of sulfonamides is 1. The van der Waals surface area contributed by atoms with Crippen LogP contribution in [0.25, 0.3) is 0 Å². The lowest BCUT2D eigenvalue weighted by Crippen LogP contribution is -2.38. The van der Waals surface area contributed by atoms with Gasteiger partial charge >= 0.3 is 0 Å². The van der Waals surface area contributed by atoms with Crippen molar-refractivity contribution >= 4 is 10.0 Å². The summed E-state index contributed by atoms with van der Waals surface area (Å²) < 4.78 is 25.9. The molecule has 1 fully saturated rings. The zero-order chi connectivity index (χ0) is 12.9. The van der Waals surface area contributed by atoms with Gasteiger partial charge in [0.25, 0.3) is 0 Å². The second-order valence-electron chi connectivity index (χ2n) is 5.27. The topological polar surface area (TPSA) is 49.4 Å². The average molecular weight is 262 g/mol. The van der Waals surface area contributed by atoms with Crippen LogP contribution in [0, 0.1) is 11.8 Å². The second-order valence-corrected chi connectivity index (χ2v) is 7.39. The van der Waals surface area contributed by atoms with Gasteiger partial charge in [0.1, 0.15) is 0 Å². The van der Waals surface area contributed by atoms with Crippen LogP contribution in [0.5, 0.6) is 0 Å². The van der Waals surface area contributed by atoms with Gasteiger partial charge in [0.15, 0.2) is 0 Å². The monoisotopic (exact) mass is 262 g/mol. The zero-order valence-corrected chi connectivity index (χ0v) is 12.1. The van der Waals surface area contributed by atoms with E-state index >= 15 is 0 Å². The smallest absolute Gasteiger partial charge is 0.214 e. The van der Waals surface area contributed by atoms with Crippen molar-refractivity contribution in [3.63, 3.8) is 0 Å². The maximum atomic E-state index is 12.2. The molecule has 0 saturated carbocycles. The van der Waals surface area contributed by atoms with Crippen LogP contribution < -0.4 is 5.32 Å². The third-order valence-electron chi connectivity index (χ3n) is 3.65. The Balaban J connectivity index is 2.48. The molecule has 0 aromatic heterocycles. The van der Waals surface area contributed by atoms with Crippen LogP contribution in [0.1, 0.15) is 33.1 Å². The lowest BCUT2D eigenvalue weighted by molar-refractivity contribution is 0.370. The Hall–Kier alpha value is -0.130. The van der Waals surface area contributed by atoms with Gasteiger partial charge in [-0.05, 0) is 37.8 Å². The summed E-state index contributed by atoms with van der Waals surface area (Å²) in [5.41, 5.74) is 0. The molecule has 1 aliphatic rings. The van der Waals surface area contributed by atoms with Crippen molar-refractivity contribution in [1.82, 2.24) is 9.62 Å². The van der Waals surface area contributed by atoms with Gasteiger partial charge in [0.05, 0.1) is 5.75 Å². The number of hydrogen-bond acceptors (Lipinski definition) is 3. The maximum absolute atomic E-state index is 12.2. The highest BCUT2D eigenvalue weighted by Crippen LogP contribution is 2.17. The summed E-state index contributed by atoms with van der Waals surface area (Å²) in [5, 5.41) is 3.26. The van der Waals surface area contributed by atoms with E-state index in [0.717, 1.165) is 32.4 Å². The van der Waals surface area contributed by atoms with E-state index in [1.807, 2.05) is 0 Å². The van der Waals surface area contributed by atoms with Crippen LogP contribution >= 0.6 is 0 Å². The van der Waals surface area contributed by atoms with Crippen LogP contribution in [0.4, 0.5) is 0 Å². The summed E-state index contributed by atoms with van der Waals surface area (Å²) in [5.74, 6) is 1.09. The zero-order valence-electron chi connectivity index (χ0n) is 11.3. The summed E-state index contributed by atoms with van der Waals surface area (Å²) in [6.45, 7) is 6.74. The number of rotatable bonds is 6. The van der Waals surface area contributed by atoms with Gasteiger partial charge < -0.3 is 5.32 Å². The molecule has 1 N–H and O–H groups in total. The maximum Gasteiger partial charge on any atom is 0.214 e. The Morgan fingerprint density at radius 1 is 1.35 bits per heavy atom. The van der Waals surface area contributed by atoms with E-state index in [2.05, 4.69) is 19.2 Å². The summed E-state index contributed by atoms with van der Waals surface area (Å²) in [6, 6.07) is 0. The first-order chi connectivity index (χ1) is 7.95. The van der Waals surface area contributed by atoms with E-state index < -0.39 is 10.0 Å². The molecule has 1 atom stereocenters. The Morgan fingerprint density at radius 3 is 2.47 bits per heavy atom. The molecule has 0 bridgehead atoms. The van der Waals surface area contributed by atoms with Gasteiger partial charge in [-0.3, -0.25) is 0 Å². The molecular formula is C12H26N2O2S. The largest absolute Gasteiger partial charge is 0.317 e. The van der Waals surface area contributed by atoms with Crippen LogP contribution in [0.3, 0.4) is 0 Å². The minimum atomic E-state index is -3.06. The number of piperidine rings is 1. The van der Waals surface area contributed by atoms with Crippen molar-refractivity contribution in [1.29, 1.82) is 0 Å². The lowest BCUT2D eigenvalue weighted by Gasteiger charge is -2.26. The van der Waals surface area contributed by atoms with Crippen molar-refractivity contribution in [3.05, 3.63) is 0 Å². The van der Waals surface area contributed by atoms with Crippen LogP contribution in [-0.4, -0.2) is 45.2 Å². The van der Waals surface area contributed by atoms with E-state index in [-0.39, 0.29) is 0 Å². The summed E-state index contributed by atoms with van der Waals surface area (Å²) in [6.07, 6.45) is 2.99. The molecule has 0 aromatic rings. The first-order valence-electron chi connectivity index (χ1n) is 6.60. The highest BCUT2D eigenvalue weighted by Gasteiger charge is 2.25. The molecule has 1 unspecified atom stereocenters. The first kappa shape index (κ1) is 14.9. The summed E-state index contributed by atoms with van der Waals surface area (Å²) >= 11 is 0. The quantitative estimate of drug-likeness (QED) is 0.785. The van der Waals surface area contributed by atoms with Gasteiger partial charge in [0.2, 0.25) is 10.0 Å². The molecule has 0 aliphatic carbocycles. The molecule has 0 amide bonds. The molecule has 1 aliphatic heterocycles. The van der Waals surface area contributed by atoms with E-state index in [1.54, 1.807) is 11.4 Å². The van der Waals surface area contributed by atoms with Crippen molar-refractivity contribution < 1.29 is 8.42 Å². The van der Waals surface area contributed by atoms with Gasteiger partial charge in [-0.15, -0.1) is 0 Å². The number of nitrogens with zero attached hydrogens (tertiary/aromatic N) is 1. The minimum Gasteiger partial charge on any atom is -0.317 e.